The molecule has 0 spiro atoms. The number of thiol groups is 1. The van der Waals surface area contributed by atoms with Gasteiger partial charge in [-0.25, -0.2) is 4.79 Å². The van der Waals surface area contributed by atoms with Gasteiger partial charge in [0, 0.05) is 12.3 Å². The fraction of sp³-hybridized carbons (Fsp3) is 0.643. The number of hydrogen-bond donors (Lipinski definition) is 9. The average Bonchev–Trinajstić information content (AvgIpc) is 2.65. The zero-order chi connectivity index (χ0) is 21.7. The number of aliphatic hydroxyl groups is 1. The van der Waals surface area contributed by atoms with Crippen molar-refractivity contribution < 1.29 is 29.4 Å². The molecular formula is C14H27N7O6S. The van der Waals surface area contributed by atoms with Gasteiger partial charge in [-0.05, 0) is 12.8 Å². The van der Waals surface area contributed by atoms with Gasteiger partial charge in [0.05, 0.1) is 13.2 Å². The first kappa shape index (κ1) is 25.4. The van der Waals surface area contributed by atoms with Crippen LogP contribution in [0.4, 0.5) is 0 Å². The van der Waals surface area contributed by atoms with Crippen molar-refractivity contribution in [2.45, 2.75) is 31.0 Å². The summed E-state index contributed by atoms with van der Waals surface area (Å²) in [6.07, 6.45) is 0.351. The van der Waals surface area contributed by atoms with E-state index in [1.54, 1.807) is 0 Å². The largest absolute Gasteiger partial charge is 0.480 e. The van der Waals surface area contributed by atoms with Crippen molar-refractivity contribution in [3.05, 3.63) is 0 Å². The van der Waals surface area contributed by atoms with Crippen LogP contribution in [0.1, 0.15) is 12.8 Å². The summed E-state index contributed by atoms with van der Waals surface area (Å²) in [7, 11) is 0. The fourth-order valence-corrected chi connectivity index (χ4v) is 2.20. The normalized spacial score (nSPS) is 13.5. The Bertz CT molecular complexity index is 585. The molecular weight excluding hydrogens is 394 g/mol. The van der Waals surface area contributed by atoms with Gasteiger partial charge in [-0.1, -0.05) is 0 Å². The summed E-state index contributed by atoms with van der Waals surface area (Å²) >= 11 is 3.85. The lowest BCUT2D eigenvalue weighted by Gasteiger charge is -2.23. The highest BCUT2D eigenvalue weighted by molar-refractivity contribution is 7.80. The van der Waals surface area contributed by atoms with Crippen molar-refractivity contribution >= 4 is 42.3 Å². The number of aliphatic imine (C=N–C) groups is 1. The van der Waals surface area contributed by atoms with E-state index >= 15 is 0 Å². The number of hydrogen-bond acceptors (Lipinski definition) is 8. The molecule has 28 heavy (non-hydrogen) atoms. The summed E-state index contributed by atoms with van der Waals surface area (Å²) in [5.74, 6) is -3.90. The Balaban J connectivity index is 5.15. The molecule has 3 atom stereocenters. The highest BCUT2D eigenvalue weighted by atomic mass is 32.1. The fourth-order valence-electron chi connectivity index (χ4n) is 1.95. The number of nitrogens with two attached hydrogens (primary N) is 3. The molecule has 0 radical (unpaired) electrons. The second-order valence-corrected chi connectivity index (χ2v) is 5.96. The van der Waals surface area contributed by atoms with Crippen LogP contribution in [0.15, 0.2) is 4.99 Å². The molecule has 0 rings (SSSR count). The average molecular weight is 421 g/mol. The van der Waals surface area contributed by atoms with Crippen LogP contribution in [0.25, 0.3) is 0 Å². The Labute approximate surface area is 166 Å². The van der Waals surface area contributed by atoms with Gasteiger partial charge in [0.15, 0.2) is 5.96 Å². The third-order valence-corrected chi connectivity index (χ3v) is 3.76. The van der Waals surface area contributed by atoms with Gasteiger partial charge in [0.1, 0.15) is 18.1 Å². The number of rotatable bonds is 13. The van der Waals surface area contributed by atoms with Crippen molar-refractivity contribution in [1.82, 2.24) is 16.0 Å². The summed E-state index contributed by atoms with van der Waals surface area (Å²) < 4.78 is 0. The standard InChI is InChI=1S/C14H27N7O6S/c15-4-10(23)19-8(5-22)12(25)20-7(2-1-3-18-14(16)17)11(24)21-9(6-28)13(26)27/h7-9,22,28H,1-6,15H2,(H,19,23)(H,20,25)(H,21,24)(H,26,27)(H4,16,17,18). The molecule has 0 aromatic rings. The van der Waals surface area contributed by atoms with Crippen LogP contribution in [-0.4, -0.2) is 83.4 Å². The lowest BCUT2D eigenvalue weighted by Crippen LogP contribution is -2.57. The number of nitrogens with one attached hydrogen (secondary N) is 3. The lowest BCUT2D eigenvalue weighted by molar-refractivity contribution is -0.141. The Kier molecular flexibility index (Phi) is 12.3. The van der Waals surface area contributed by atoms with Crippen LogP contribution in [0, 0.1) is 0 Å². The number of carbonyl (C=O) groups is 4. The van der Waals surface area contributed by atoms with E-state index in [2.05, 4.69) is 33.6 Å². The zero-order valence-corrected chi connectivity index (χ0v) is 16.0. The second kappa shape index (κ2) is 13.6. The number of nitrogens with zero attached hydrogens (tertiary/aromatic N) is 1. The zero-order valence-electron chi connectivity index (χ0n) is 15.1. The molecule has 160 valence electrons. The molecule has 0 heterocycles. The van der Waals surface area contributed by atoms with Crippen LogP contribution < -0.4 is 33.2 Å². The molecule has 0 saturated carbocycles. The predicted molar refractivity (Wildman–Crippen MR) is 103 cm³/mol. The van der Waals surface area contributed by atoms with Crippen LogP contribution in [0.3, 0.4) is 0 Å². The summed E-state index contributed by atoms with van der Waals surface area (Å²) in [6, 6.07) is -3.75. The number of aliphatic carboxylic acids is 1. The first-order valence-electron chi connectivity index (χ1n) is 8.26. The number of guanidine groups is 1. The van der Waals surface area contributed by atoms with Gasteiger partial charge in [0.25, 0.3) is 0 Å². The molecule has 0 aromatic carbocycles. The molecule has 3 amide bonds. The van der Waals surface area contributed by atoms with Crippen molar-refractivity contribution in [3.63, 3.8) is 0 Å². The van der Waals surface area contributed by atoms with Crippen molar-refractivity contribution in [1.29, 1.82) is 0 Å². The van der Waals surface area contributed by atoms with Crippen molar-refractivity contribution in [3.8, 4) is 0 Å². The maximum atomic E-state index is 12.4. The SMILES string of the molecule is NCC(=O)NC(CO)C(=O)NC(CCCN=C(N)N)C(=O)NC(CS)C(=O)O. The molecule has 11 N–H and O–H groups in total. The quantitative estimate of drug-likeness (QED) is 0.0601. The van der Waals surface area contributed by atoms with Crippen LogP contribution in [0.2, 0.25) is 0 Å². The molecule has 0 saturated heterocycles. The Morgan fingerprint density at radius 3 is 2.04 bits per heavy atom. The van der Waals surface area contributed by atoms with Crippen LogP contribution in [0.5, 0.6) is 0 Å². The minimum atomic E-state index is -1.33. The molecule has 0 aliphatic rings. The van der Waals surface area contributed by atoms with Gasteiger partial charge in [0.2, 0.25) is 17.7 Å². The first-order chi connectivity index (χ1) is 13.2. The van der Waals surface area contributed by atoms with Gasteiger partial charge in [-0.2, -0.15) is 12.6 Å². The van der Waals surface area contributed by atoms with Gasteiger partial charge < -0.3 is 43.4 Å². The van der Waals surface area contributed by atoms with Crippen LogP contribution >= 0.6 is 12.6 Å². The molecule has 3 unspecified atom stereocenters. The molecule has 0 aliphatic carbocycles. The first-order valence-corrected chi connectivity index (χ1v) is 8.89. The van der Waals surface area contributed by atoms with Gasteiger partial charge in [-0.15, -0.1) is 0 Å². The van der Waals surface area contributed by atoms with E-state index in [1.165, 1.54) is 0 Å². The third-order valence-electron chi connectivity index (χ3n) is 3.40. The molecule has 13 nitrogen and oxygen atoms in total. The molecule has 0 aromatic heterocycles. The number of carboxylic acid groups (broad SMARTS) is 1. The number of carboxylic acids is 1. The number of aliphatic hydroxyl groups excluding tert-OH is 1. The predicted octanol–water partition coefficient (Wildman–Crippen LogP) is -4.54. The van der Waals surface area contributed by atoms with Crippen LogP contribution in [-0.2, 0) is 19.2 Å². The summed E-state index contributed by atoms with van der Waals surface area (Å²) in [5.41, 5.74) is 15.6. The third kappa shape index (κ3) is 9.94. The van der Waals surface area contributed by atoms with E-state index in [9.17, 15) is 24.3 Å². The van der Waals surface area contributed by atoms with Gasteiger partial charge in [-0.3, -0.25) is 19.4 Å². The van der Waals surface area contributed by atoms with E-state index in [4.69, 9.17) is 22.3 Å². The summed E-state index contributed by atoms with van der Waals surface area (Å²) in [5, 5.41) is 25.1. The Hall–Kier alpha value is -2.58. The summed E-state index contributed by atoms with van der Waals surface area (Å²) in [4.78, 5) is 50.8. The number of amides is 3. The van der Waals surface area contributed by atoms with E-state index in [0.717, 1.165) is 0 Å². The lowest BCUT2D eigenvalue weighted by atomic mass is 10.1. The Morgan fingerprint density at radius 1 is 1.00 bits per heavy atom. The van der Waals surface area contributed by atoms with Crippen molar-refractivity contribution in [2.24, 2.45) is 22.2 Å². The second-order valence-electron chi connectivity index (χ2n) is 5.60. The Morgan fingerprint density at radius 2 is 1.57 bits per heavy atom. The molecule has 0 bridgehead atoms. The minimum Gasteiger partial charge on any atom is -0.480 e. The molecule has 14 heteroatoms. The van der Waals surface area contributed by atoms with E-state index < -0.39 is 55.0 Å². The van der Waals surface area contributed by atoms with E-state index in [1.807, 2.05) is 0 Å². The van der Waals surface area contributed by atoms with E-state index in [0.29, 0.717) is 0 Å². The smallest absolute Gasteiger partial charge is 0.327 e. The monoisotopic (exact) mass is 421 g/mol. The maximum absolute atomic E-state index is 12.4. The molecule has 0 fully saturated rings. The van der Waals surface area contributed by atoms with E-state index in [-0.39, 0.29) is 31.1 Å². The topological polar surface area (TPSA) is 235 Å². The minimum absolute atomic E-state index is 0.0657. The molecule has 0 aliphatic heterocycles. The maximum Gasteiger partial charge on any atom is 0.327 e. The van der Waals surface area contributed by atoms with Crippen molar-refractivity contribution in [2.75, 3.05) is 25.4 Å². The van der Waals surface area contributed by atoms with Gasteiger partial charge >= 0.3 is 5.97 Å². The highest BCUT2D eigenvalue weighted by Crippen LogP contribution is 2.02. The highest BCUT2D eigenvalue weighted by Gasteiger charge is 2.28. The summed E-state index contributed by atoms with van der Waals surface area (Å²) in [6.45, 7) is -0.951. The number of carbonyl (C=O) groups excluding carboxylic acids is 3.